The number of benzene rings is 1. The van der Waals surface area contributed by atoms with Crippen molar-refractivity contribution in [1.82, 2.24) is 5.32 Å². The summed E-state index contributed by atoms with van der Waals surface area (Å²) in [5, 5.41) is 9.64. The molecule has 0 atom stereocenters. The van der Waals surface area contributed by atoms with E-state index in [-0.39, 0.29) is 11.9 Å². The van der Waals surface area contributed by atoms with Crippen LogP contribution in [0.1, 0.15) is 15.9 Å². The van der Waals surface area contributed by atoms with E-state index in [9.17, 15) is 4.79 Å². The minimum absolute atomic E-state index is 0.0989. The third kappa shape index (κ3) is 3.41. The van der Waals surface area contributed by atoms with Crippen molar-refractivity contribution in [3.63, 3.8) is 0 Å². The number of carbonyl (C=O) groups is 1. The molecule has 1 rings (SSSR count). The third-order valence-electron chi connectivity index (χ3n) is 1.78. The second kappa shape index (κ2) is 5.50. The van der Waals surface area contributed by atoms with Gasteiger partial charge in [0.25, 0.3) is 5.91 Å². The first-order chi connectivity index (χ1) is 7.63. The van der Waals surface area contributed by atoms with Gasteiger partial charge in [0, 0.05) is 12.6 Å². The van der Waals surface area contributed by atoms with Crippen LogP contribution in [-0.2, 0) is 0 Å². The molecule has 0 bridgehead atoms. The molecule has 1 aromatic rings. The van der Waals surface area contributed by atoms with Crippen molar-refractivity contribution in [1.29, 1.82) is 0 Å². The summed E-state index contributed by atoms with van der Waals surface area (Å²) in [6, 6.07) is 6.87. The number of hydrogen-bond acceptors (Lipinski definition) is 3. The molecule has 0 aliphatic heterocycles. The standard InChI is InChI=1S/C10H13N5O/c1-13-9(16)8-4-2-7(3-5-8)6-14-15-10(11)12/h2-6H,1H3,(H,13,16)(H4,11,12,15). The zero-order valence-electron chi connectivity index (χ0n) is 8.84. The van der Waals surface area contributed by atoms with Gasteiger partial charge in [-0.2, -0.15) is 5.10 Å². The lowest BCUT2D eigenvalue weighted by Gasteiger charge is -1.98. The zero-order valence-corrected chi connectivity index (χ0v) is 8.84. The number of nitrogens with two attached hydrogens (primary N) is 2. The van der Waals surface area contributed by atoms with E-state index in [0.29, 0.717) is 5.56 Å². The molecule has 0 aliphatic rings. The molecule has 0 spiro atoms. The maximum atomic E-state index is 11.2. The van der Waals surface area contributed by atoms with Crippen LogP contribution in [0.5, 0.6) is 0 Å². The van der Waals surface area contributed by atoms with Gasteiger partial charge in [-0.05, 0) is 17.7 Å². The molecule has 16 heavy (non-hydrogen) atoms. The lowest BCUT2D eigenvalue weighted by atomic mass is 10.1. The number of nitrogens with zero attached hydrogens (tertiary/aromatic N) is 2. The van der Waals surface area contributed by atoms with Gasteiger partial charge in [-0.25, -0.2) is 0 Å². The van der Waals surface area contributed by atoms with Crippen molar-refractivity contribution >= 4 is 18.1 Å². The van der Waals surface area contributed by atoms with Crippen molar-refractivity contribution < 1.29 is 4.79 Å². The van der Waals surface area contributed by atoms with Gasteiger partial charge in [-0.3, -0.25) is 4.79 Å². The average molecular weight is 219 g/mol. The molecule has 6 nitrogen and oxygen atoms in total. The van der Waals surface area contributed by atoms with Crippen molar-refractivity contribution in [2.75, 3.05) is 7.05 Å². The molecule has 0 fully saturated rings. The predicted molar refractivity (Wildman–Crippen MR) is 63.2 cm³/mol. The fourth-order valence-corrected chi connectivity index (χ4v) is 1.03. The lowest BCUT2D eigenvalue weighted by Crippen LogP contribution is -2.21. The first-order valence-electron chi connectivity index (χ1n) is 4.57. The van der Waals surface area contributed by atoms with Crippen LogP contribution in [0.4, 0.5) is 0 Å². The summed E-state index contributed by atoms with van der Waals surface area (Å²) in [6.07, 6.45) is 1.49. The van der Waals surface area contributed by atoms with Gasteiger partial charge < -0.3 is 16.8 Å². The second-order valence-electron chi connectivity index (χ2n) is 2.97. The van der Waals surface area contributed by atoms with Crippen LogP contribution >= 0.6 is 0 Å². The summed E-state index contributed by atoms with van der Waals surface area (Å²) >= 11 is 0. The smallest absolute Gasteiger partial charge is 0.251 e. The highest BCUT2D eigenvalue weighted by molar-refractivity contribution is 5.94. The number of rotatable bonds is 3. The molecule has 0 saturated heterocycles. The third-order valence-corrected chi connectivity index (χ3v) is 1.78. The van der Waals surface area contributed by atoms with Gasteiger partial charge in [0.2, 0.25) is 5.96 Å². The largest absolute Gasteiger partial charge is 0.369 e. The Morgan fingerprint density at radius 3 is 2.44 bits per heavy atom. The molecule has 84 valence electrons. The molecule has 0 heterocycles. The number of hydrogen-bond donors (Lipinski definition) is 3. The van der Waals surface area contributed by atoms with Crippen LogP contribution in [0.15, 0.2) is 34.5 Å². The Morgan fingerprint density at radius 1 is 1.31 bits per heavy atom. The topological polar surface area (TPSA) is 106 Å². The highest BCUT2D eigenvalue weighted by Crippen LogP contribution is 2.02. The van der Waals surface area contributed by atoms with Crippen molar-refractivity contribution in [3.8, 4) is 0 Å². The summed E-state index contributed by atoms with van der Waals surface area (Å²) in [5.74, 6) is -0.231. The fourth-order valence-electron chi connectivity index (χ4n) is 1.03. The average Bonchev–Trinajstić information content (AvgIpc) is 2.28. The molecule has 6 heteroatoms. The van der Waals surface area contributed by atoms with Gasteiger partial charge in [-0.15, -0.1) is 5.10 Å². The molecule has 5 N–H and O–H groups in total. The number of guanidine groups is 1. The Hall–Kier alpha value is -2.37. The highest BCUT2D eigenvalue weighted by atomic mass is 16.1. The van der Waals surface area contributed by atoms with E-state index in [1.54, 1.807) is 31.3 Å². The van der Waals surface area contributed by atoms with Crippen molar-refractivity contribution in [3.05, 3.63) is 35.4 Å². The summed E-state index contributed by atoms with van der Waals surface area (Å²) < 4.78 is 0. The summed E-state index contributed by atoms with van der Waals surface area (Å²) in [5.41, 5.74) is 11.6. The van der Waals surface area contributed by atoms with Crippen LogP contribution < -0.4 is 16.8 Å². The predicted octanol–water partition coefficient (Wildman–Crippen LogP) is -0.346. The minimum atomic E-state index is -0.132. The maximum Gasteiger partial charge on any atom is 0.251 e. The van der Waals surface area contributed by atoms with Crippen LogP contribution in [-0.4, -0.2) is 25.1 Å². The Labute approximate surface area is 93.0 Å². The lowest BCUT2D eigenvalue weighted by molar-refractivity contribution is 0.0963. The van der Waals surface area contributed by atoms with E-state index in [1.807, 2.05) is 0 Å². The second-order valence-corrected chi connectivity index (χ2v) is 2.97. The van der Waals surface area contributed by atoms with E-state index >= 15 is 0 Å². The Morgan fingerprint density at radius 2 is 1.94 bits per heavy atom. The molecule has 0 radical (unpaired) electrons. The summed E-state index contributed by atoms with van der Waals surface area (Å²) in [4.78, 5) is 11.2. The molecular weight excluding hydrogens is 206 g/mol. The van der Waals surface area contributed by atoms with E-state index < -0.39 is 0 Å². The zero-order chi connectivity index (χ0) is 12.0. The van der Waals surface area contributed by atoms with E-state index in [1.165, 1.54) is 6.21 Å². The SMILES string of the molecule is CNC(=O)c1ccc(C=NN=C(N)N)cc1. The molecule has 1 aromatic carbocycles. The van der Waals surface area contributed by atoms with Crippen LogP contribution in [0.25, 0.3) is 0 Å². The quantitative estimate of drug-likeness (QED) is 0.367. The Balaban J connectivity index is 2.76. The van der Waals surface area contributed by atoms with Gasteiger partial charge in [-0.1, -0.05) is 12.1 Å². The van der Waals surface area contributed by atoms with Crippen LogP contribution in [0, 0.1) is 0 Å². The molecule has 0 unspecified atom stereocenters. The van der Waals surface area contributed by atoms with E-state index in [4.69, 9.17) is 11.5 Å². The number of nitrogens with one attached hydrogen (secondary N) is 1. The summed E-state index contributed by atoms with van der Waals surface area (Å²) in [6.45, 7) is 0. The number of amides is 1. The first kappa shape index (κ1) is 11.7. The molecule has 0 aliphatic carbocycles. The highest BCUT2D eigenvalue weighted by Gasteiger charge is 2.00. The van der Waals surface area contributed by atoms with Gasteiger partial charge in [0.05, 0.1) is 6.21 Å². The van der Waals surface area contributed by atoms with Crippen molar-refractivity contribution in [2.45, 2.75) is 0 Å². The maximum absolute atomic E-state index is 11.2. The molecule has 0 aromatic heterocycles. The summed E-state index contributed by atoms with van der Waals surface area (Å²) in [7, 11) is 1.58. The number of carbonyl (C=O) groups excluding carboxylic acids is 1. The van der Waals surface area contributed by atoms with Crippen LogP contribution in [0.2, 0.25) is 0 Å². The van der Waals surface area contributed by atoms with E-state index in [2.05, 4.69) is 15.5 Å². The van der Waals surface area contributed by atoms with Crippen LogP contribution in [0.3, 0.4) is 0 Å². The monoisotopic (exact) mass is 219 g/mol. The fraction of sp³-hybridized carbons (Fsp3) is 0.100. The van der Waals surface area contributed by atoms with Gasteiger partial charge in [0.15, 0.2) is 0 Å². The molecular formula is C10H13N5O. The minimum Gasteiger partial charge on any atom is -0.369 e. The first-order valence-corrected chi connectivity index (χ1v) is 4.57. The van der Waals surface area contributed by atoms with Gasteiger partial charge >= 0.3 is 0 Å². The van der Waals surface area contributed by atoms with E-state index in [0.717, 1.165) is 5.56 Å². The normalized spacial score (nSPS) is 10.1. The Kier molecular flexibility index (Phi) is 4.02. The van der Waals surface area contributed by atoms with Gasteiger partial charge in [0.1, 0.15) is 0 Å². The Bertz CT molecular complexity index is 417. The molecule has 0 saturated carbocycles. The van der Waals surface area contributed by atoms with Crippen molar-refractivity contribution in [2.24, 2.45) is 21.7 Å². The molecule has 1 amide bonds.